The molecule has 0 spiro atoms. The van der Waals surface area contributed by atoms with E-state index in [4.69, 9.17) is 27.9 Å². The number of nitrogens with one attached hydrogen (secondary N) is 1. The maximum absolute atomic E-state index is 13.3. The molecule has 0 saturated heterocycles. The predicted molar refractivity (Wildman–Crippen MR) is 117 cm³/mol. The molecule has 33 heavy (non-hydrogen) atoms. The summed E-state index contributed by atoms with van der Waals surface area (Å²) in [5.74, 6) is -0.258. The number of hydrogen-bond donors (Lipinski definition) is 1. The Bertz CT molecular complexity index is 1200. The molecule has 0 aliphatic carbocycles. The monoisotopic (exact) mass is 501 g/mol. The molecule has 0 radical (unpaired) electrons. The van der Waals surface area contributed by atoms with Crippen LogP contribution < -0.4 is 10.2 Å². The second-order valence-corrected chi connectivity index (χ2v) is 7.40. The van der Waals surface area contributed by atoms with E-state index in [0.717, 1.165) is 6.07 Å². The van der Waals surface area contributed by atoms with Crippen molar-refractivity contribution in [1.29, 1.82) is 0 Å². The van der Waals surface area contributed by atoms with Gasteiger partial charge in [0.25, 0.3) is 5.69 Å². The zero-order valence-corrected chi connectivity index (χ0v) is 17.9. The Morgan fingerprint density at radius 1 is 1.09 bits per heavy atom. The lowest BCUT2D eigenvalue weighted by Crippen LogP contribution is -2.06. The van der Waals surface area contributed by atoms with E-state index in [1.54, 1.807) is 6.07 Å². The summed E-state index contributed by atoms with van der Waals surface area (Å²) in [6, 6.07) is 10.7. The molecule has 3 aromatic rings. The summed E-state index contributed by atoms with van der Waals surface area (Å²) in [6.45, 7) is 0.0176. The van der Waals surface area contributed by atoms with Gasteiger partial charge in [-0.3, -0.25) is 15.5 Å². The van der Waals surface area contributed by atoms with Crippen molar-refractivity contribution in [2.45, 2.75) is 12.8 Å². The van der Waals surface area contributed by atoms with Gasteiger partial charge >= 0.3 is 6.18 Å². The highest BCUT2D eigenvalue weighted by Gasteiger charge is 2.33. The summed E-state index contributed by atoms with van der Waals surface area (Å²) in [6.07, 6.45) is -3.51. The molecule has 0 aromatic heterocycles. The van der Waals surface area contributed by atoms with Crippen molar-refractivity contribution in [3.63, 3.8) is 0 Å². The van der Waals surface area contributed by atoms with Gasteiger partial charge in [-0.05, 0) is 47.5 Å². The van der Waals surface area contributed by atoms with Crippen molar-refractivity contribution in [2.24, 2.45) is 5.10 Å². The fourth-order valence-corrected chi connectivity index (χ4v) is 3.32. The third kappa shape index (κ3) is 6.33. The Labute approximate surface area is 194 Å². The maximum Gasteiger partial charge on any atom is 0.416 e. The summed E-state index contributed by atoms with van der Waals surface area (Å²) < 4.78 is 57.2. The zero-order valence-electron chi connectivity index (χ0n) is 16.4. The topological polar surface area (TPSA) is 76.8 Å². The molecule has 0 aliphatic heterocycles. The molecule has 0 unspecified atom stereocenters. The average molecular weight is 502 g/mol. The van der Waals surface area contributed by atoms with Crippen LogP contribution in [-0.2, 0) is 12.8 Å². The van der Waals surface area contributed by atoms with Crippen molar-refractivity contribution in [3.05, 3.63) is 97.3 Å². The van der Waals surface area contributed by atoms with Crippen LogP contribution in [-0.4, -0.2) is 11.1 Å². The third-order valence-electron chi connectivity index (χ3n) is 4.21. The number of alkyl halides is 3. The Balaban J connectivity index is 1.74. The maximum atomic E-state index is 13.3. The van der Waals surface area contributed by atoms with E-state index in [1.165, 1.54) is 36.5 Å². The molecule has 0 atom stereocenters. The molecule has 3 rings (SSSR count). The van der Waals surface area contributed by atoms with Crippen LogP contribution in [0.4, 0.5) is 28.9 Å². The normalized spacial score (nSPS) is 11.6. The van der Waals surface area contributed by atoms with E-state index in [2.05, 4.69) is 10.5 Å². The van der Waals surface area contributed by atoms with E-state index >= 15 is 0 Å². The van der Waals surface area contributed by atoms with Gasteiger partial charge < -0.3 is 4.74 Å². The minimum atomic E-state index is -4.72. The van der Waals surface area contributed by atoms with E-state index in [9.17, 15) is 27.7 Å². The highest BCUT2D eigenvalue weighted by molar-refractivity contribution is 6.37. The van der Waals surface area contributed by atoms with Gasteiger partial charge in [-0.25, -0.2) is 4.39 Å². The fourth-order valence-electron chi connectivity index (χ4n) is 2.70. The molecule has 6 nitrogen and oxygen atoms in total. The molecule has 3 aromatic carbocycles. The summed E-state index contributed by atoms with van der Waals surface area (Å²) >= 11 is 12.4. The molecule has 0 bridgehead atoms. The van der Waals surface area contributed by atoms with E-state index in [1.807, 2.05) is 0 Å². The first kappa shape index (κ1) is 24.3. The molecule has 0 saturated carbocycles. The first-order valence-electron chi connectivity index (χ1n) is 9.05. The van der Waals surface area contributed by atoms with Crippen molar-refractivity contribution >= 4 is 40.8 Å². The van der Waals surface area contributed by atoms with Crippen molar-refractivity contribution < 1.29 is 27.2 Å². The lowest BCUT2D eigenvalue weighted by Gasteiger charge is -2.11. The van der Waals surface area contributed by atoms with E-state index in [0.29, 0.717) is 23.3 Å². The van der Waals surface area contributed by atoms with Crippen LogP contribution in [0.3, 0.4) is 0 Å². The molecule has 172 valence electrons. The van der Waals surface area contributed by atoms with Crippen LogP contribution >= 0.6 is 23.2 Å². The van der Waals surface area contributed by atoms with Crippen molar-refractivity contribution in [3.8, 4) is 5.75 Å². The standard InChI is InChI=1S/C21H13Cl2F4N3O3/c22-16-7-13(8-17(23)20(16)33-11-12-2-1-3-15(24)6-12)10-28-29-18-5-4-14(21(25,26)27)9-19(18)30(31)32/h1-10,29H,11H2/b28-10-. The first-order chi connectivity index (χ1) is 15.5. The highest BCUT2D eigenvalue weighted by atomic mass is 35.5. The Morgan fingerprint density at radius 2 is 1.79 bits per heavy atom. The smallest absolute Gasteiger partial charge is 0.416 e. The molecule has 12 heteroatoms. The van der Waals surface area contributed by atoms with Crippen LogP contribution in [0.2, 0.25) is 10.0 Å². The van der Waals surface area contributed by atoms with Gasteiger partial charge in [0.1, 0.15) is 18.1 Å². The summed E-state index contributed by atoms with van der Waals surface area (Å²) in [5.41, 5.74) is 1.09. The first-order valence-corrected chi connectivity index (χ1v) is 9.81. The summed E-state index contributed by atoms with van der Waals surface area (Å²) in [5, 5.41) is 15.2. The second kappa shape index (κ2) is 10.1. The number of benzene rings is 3. The molecular formula is C21H13Cl2F4N3O3. The average Bonchev–Trinajstić information content (AvgIpc) is 2.72. The number of ether oxygens (including phenoxy) is 1. The van der Waals surface area contributed by atoms with Gasteiger partial charge in [0.2, 0.25) is 0 Å². The summed E-state index contributed by atoms with van der Waals surface area (Å²) in [4.78, 5) is 10.2. The van der Waals surface area contributed by atoms with Gasteiger partial charge in [0, 0.05) is 6.07 Å². The Kier molecular flexibility index (Phi) is 7.39. The van der Waals surface area contributed by atoms with E-state index < -0.39 is 28.2 Å². The molecular weight excluding hydrogens is 489 g/mol. The minimum absolute atomic E-state index is 0.0176. The number of halogens is 6. The van der Waals surface area contributed by atoms with Crippen LogP contribution in [0.15, 0.2) is 59.7 Å². The second-order valence-electron chi connectivity index (χ2n) is 6.59. The van der Waals surface area contributed by atoms with Gasteiger partial charge in [-0.1, -0.05) is 35.3 Å². The SMILES string of the molecule is O=[N+]([O-])c1cc(C(F)(F)F)ccc1N/N=C\c1cc(Cl)c(OCc2cccc(F)c2)c(Cl)c1. The minimum Gasteiger partial charge on any atom is -0.486 e. The fraction of sp³-hybridized carbons (Fsp3) is 0.0952. The quantitative estimate of drug-likeness (QED) is 0.162. The summed E-state index contributed by atoms with van der Waals surface area (Å²) in [7, 11) is 0. The number of nitro groups is 1. The number of hydrazone groups is 1. The number of nitrogens with zero attached hydrogens (tertiary/aromatic N) is 2. The van der Waals surface area contributed by atoms with Gasteiger partial charge in [0.05, 0.1) is 26.7 Å². The molecule has 1 N–H and O–H groups in total. The van der Waals surface area contributed by atoms with Crippen molar-refractivity contribution in [2.75, 3.05) is 5.43 Å². The number of hydrogen-bond acceptors (Lipinski definition) is 5. The number of anilines is 1. The van der Waals surface area contributed by atoms with Crippen LogP contribution in [0.5, 0.6) is 5.75 Å². The number of nitro benzene ring substituents is 1. The Morgan fingerprint density at radius 3 is 2.39 bits per heavy atom. The van der Waals surface area contributed by atoms with Crippen molar-refractivity contribution in [1.82, 2.24) is 0 Å². The third-order valence-corrected chi connectivity index (χ3v) is 4.77. The largest absolute Gasteiger partial charge is 0.486 e. The highest BCUT2D eigenvalue weighted by Crippen LogP contribution is 2.36. The predicted octanol–water partition coefficient (Wildman–Crippen LogP) is 7.08. The number of rotatable bonds is 7. The van der Waals surface area contributed by atoms with Gasteiger partial charge in [0.15, 0.2) is 5.75 Å². The van der Waals surface area contributed by atoms with Gasteiger partial charge in [-0.2, -0.15) is 18.3 Å². The Hall–Kier alpha value is -3.37. The lowest BCUT2D eigenvalue weighted by molar-refractivity contribution is -0.384. The van der Waals surface area contributed by atoms with E-state index in [-0.39, 0.29) is 28.1 Å². The lowest BCUT2D eigenvalue weighted by atomic mass is 10.1. The molecule has 0 fully saturated rings. The molecule has 0 heterocycles. The molecule has 0 amide bonds. The van der Waals surface area contributed by atoms with Crippen LogP contribution in [0.1, 0.15) is 16.7 Å². The zero-order chi connectivity index (χ0) is 24.2. The van der Waals surface area contributed by atoms with Crippen LogP contribution in [0.25, 0.3) is 0 Å². The van der Waals surface area contributed by atoms with Crippen LogP contribution in [0, 0.1) is 15.9 Å². The van der Waals surface area contributed by atoms with Gasteiger partial charge in [-0.15, -0.1) is 0 Å². The molecule has 0 aliphatic rings.